The molecule has 3 heteroatoms. The van der Waals surface area contributed by atoms with Crippen LogP contribution in [0.1, 0.15) is 35.2 Å². The van der Waals surface area contributed by atoms with Gasteiger partial charge in [-0.3, -0.25) is 0 Å². The van der Waals surface area contributed by atoms with Gasteiger partial charge in [0.15, 0.2) is 0 Å². The minimum absolute atomic E-state index is 0.234. The maximum Gasteiger partial charge on any atom is 0.338 e. The molecule has 0 unspecified atom stereocenters. The van der Waals surface area contributed by atoms with Gasteiger partial charge in [-0.05, 0) is 43.5 Å². The molecule has 0 amide bonds. The zero-order valence-corrected chi connectivity index (χ0v) is 12.8. The number of nitrogens with one attached hydrogen (secondary N) is 1. The number of ether oxygens (including phenoxy) is 1. The van der Waals surface area contributed by atoms with Crippen molar-refractivity contribution in [3.05, 3.63) is 71.8 Å². The summed E-state index contributed by atoms with van der Waals surface area (Å²) >= 11 is 0. The second kappa shape index (κ2) is 9.74. The number of unbranched alkanes of at least 4 members (excludes halogenated alkanes) is 2. The second-order valence-corrected chi connectivity index (χ2v) is 5.22. The smallest absolute Gasteiger partial charge is 0.338 e. The summed E-state index contributed by atoms with van der Waals surface area (Å²) in [7, 11) is 0. The maximum absolute atomic E-state index is 11.7. The van der Waals surface area contributed by atoms with Crippen molar-refractivity contribution >= 4 is 5.97 Å². The highest BCUT2D eigenvalue weighted by Gasteiger charge is 2.04. The van der Waals surface area contributed by atoms with E-state index in [1.54, 1.807) is 12.1 Å². The molecule has 0 spiro atoms. The first-order chi connectivity index (χ1) is 10.9. The number of carbonyl (C=O) groups excluding carboxylic acids is 1. The van der Waals surface area contributed by atoms with Crippen molar-refractivity contribution in [1.82, 2.24) is 5.32 Å². The van der Waals surface area contributed by atoms with Gasteiger partial charge in [0.05, 0.1) is 12.2 Å². The van der Waals surface area contributed by atoms with Gasteiger partial charge in [-0.25, -0.2) is 4.79 Å². The lowest BCUT2D eigenvalue weighted by molar-refractivity contribution is 0.0498. The number of benzene rings is 2. The van der Waals surface area contributed by atoms with E-state index in [2.05, 4.69) is 29.6 Å². The summed E-state index contributed by atoms with van der Waals surface area (Å²) in [6.07, 6.45) is 3.06. The van der Waals surface area contributed by atoms with E-state index in [0.29, 0.717) is 12.2 Å². The average molecular weight is 297 g/mol. The number of hydrogen-bond acceptors (Lipinski definition) is 3. The molecule has 2 aromatic carbocycles. The fourth-order valence-corrected chi connectivity index (χ4v) is 2.18. The Morgan fingerprint density at radius 2 is 1.55 bits per heavy atom. The van der Waals surface area contributed by atoms with Gasteiger partial charge in [-0.15, -0.1) is 0 Å². The lowest BCUT2D eigenvalue weighted by Crippen LogP contribution is -2.14. The molecule has 0 fully saturated rings. The Morgan fingerprint density at radius 3 is 2.27 bits per heavy atom. The molecule has 0 atom stereocenters. The van der Waals surface area contributed by atoms with Crippen LogP contribution in [0.3, 0.4) is 0 Å². The van der Waals surface area contributed by atoms with Crippen molar-refractivity contribution < 1.29 is 9.53 Å². The van der Waals surface area contributed by atoms with Gasteiger partial charge in [0.2, 0.25) is 0 Å². The topological polar surface area (TPSA) is 38.3 Å². The molecule has 0 bridgehead atoms. The Labute approximate surface area is 132 Å². The summed E-state index contributed by atoms with van der Waals surface area (Å²) in [6.45, 7) is 2.39. The number of esters is 1. The summed E-state index contributed by atoms with van der Waals surface area (Å²) < 4.78 is 5.24. The third-order valence-electron chi connectivity index (χ3n) is 3.41. The van der Waals surface area contributed by atoms with Crippen molar-refractivity contribution in [3.63, 3.8) is 0 Å². The van der Waals surface area contributed by atoms with E-state index in [-0.39, 0.29) is 5.97 Å². The first kappa shape index (κ1) is 16.2. The van der Waals surface area contributed by atoms with Crippen molar-refractivity contribution in [2.24, 2.45) is 0 Å². The lowest BCUT2D eigenvalue weighted by Gasteiger charge is -2.06. The van der Waals surface area contributed by atoms with E-state index < -0.39 is 0 Å². The second-order valence-electron chi connectivity index (χ2n) is 5.22. The van der Waals surface area contributed by atoms with Crippen molar-refractivity contribution in [3.8, 4) is 0 Å². The van der Waals surface area contributed by atoms with E-state index in [9.17, 15) is 4.79 Å². The third kappa shape index (κ3) is 6.10. The number of rotatable bonds is 9. The minimum atomic E-state index is -0.234. The maximum atomic E-state index is 11.7. The van der Waals surface area contributed by atoms with Gasteiger partial charge in [0, 0.05) is 6.54 Å². The Kier molecular flexibility index (Phi) is 7.19. The monoisotopic (exact) mass is 297 g/mol. The highest BCUT2D eigenvalue weighted by molar-refractivity contribution is 5.89. The van der Waals surface area contributed by atoms with E-state index in [0.717, 1.165) is 32.4 Å². The van der Waals surface area contributed by atoms with Gasteiger partial charge < -0.3 is 10.1 Å². The molecule has 0 aliphatic rings. The molecule has 3 nitrogen and oxygen atoms in total. The quantitative estimate of drug-likeness (QED) is 0.565. The van der Waals surface area contributed by atoms with Gasteiger partial charge in [0.1, 0.15) is 0 Å². The molecule has 0 aliphatic heterocycles. The van der Waals surface area contributed by atoms with Gasteiger partial charge >= 0.3 is 5.97 Å². The number of carbonyl (C=O) groups is 1. The molecular formula is C19H23NO2. The molecular weight excluding hydrogens is 274 g/mol. The third-order valence-corrected chi connectivity index (χ3v) is 3.41. The van der Waals surface area contributed by atoms with Crippen LogP contribution in [0.25, 0.3) is 0 Å². The van der Waals surface area contributed by atoms with E-state index in [1.807, 2.05) is 24.3 Å². The molecule has 0 radical (unpaired) electrons. The standard InChI is InChI=1S/C19H23NO2/c21-19(18-12-6-2-7-13-18)22-15-9-3-8-14-20-16-17-10-4-1-5-11-17/h1-2,4-7,10-13,20H,3,8-9,14-16H2. The first-order valence-corrected chi connectivity index (χ1v) is 7.83. The number of hydrogen-bond donors (Lipinski definition) is 1. The van der Waals surface area contributed by atoms with Crippen LogP contribution < -0.4 is 5.32 Å². The largest absolute Gasteiger partial charge is 0.462 e. The molecule has 2 aromatic rings. The predicted octanol–water partition coefficient (Wildman–Crippen LogP) is 3.80. The van der Waals surface area contributed by atoms with E-state index in [1.165, 1.54) is 5.56 Å². The molecule has 22 heavy (non-hydrogen) atoms. The van der Waals surface area contributed by atoms with Crippen LogP contribution in [0, 0.1) is 0 Å². The predicted molar refractivity (Wildman–Crippen MR) is 88.7 cm³/mol. The zero-order chi connectivity index (χ0) is 15.5. The average Bonchev–Trinajstić information content (AvgIpc) is 2.59. The van der Waals surface area contributed by atoms with Crippen LogP contribution in [-0.4, -0.2) is 19.1 Å². The van der Waals surface area contributed by atoms with Crippen LogP contribution in [0.2, 0.25) is 0 Å². The Hall–Kier alpha value is -2.13. The molecule has 0 aromatic heterocycles. The Balaban J connectivity index is 1.47. The summed E-state index contributed by atoms with van der Waals surface area (Å²) in [5.41, 5.74) is 1.92. The summed E-state index contributed by atoms with van der Waals surface area (Å²) in [5, 5.41) is 3.42. The molecule has 116 valence electrons. The van der Waals surface area contributed by atoms with Crippen molar-refractivity contribution in [2.75, 3.05) is 13.2 Å². The van der Waals surface area contributed by atoms with Crippen LogP contribution in [-0.2, 0) is 11.3 Å². The lowest BCUT2D eigenvalue weighted by atomic mass is 10.2. The molecule has 0 heterocycles. The van der Waals surface area contributed by atoms with Crippen LogP contribution >= 0.6 is 0 Å². The van der Waals surface area contributed by atoms with Crippen molar-refractivity contribution in [1.29, 1.82) is 0 Å². The van der Waals surface area contributed by atoms with Gasteiger partial charge in [-0.2, -0.15) is 0 Å². The Bertz CT molecular complexity index is 540. The molecule has 2 rings (SSSR count). The van der Waals surface area contributed by atoms with E-state index in [4.69, 9.17) is 4.74 Å². The molecule has 0 saturated carbocycles. The fourth-order valence-electron chi connectivity index (χ4n) is 2.18. The van der Waals surface area contributed by atoms with Gasteiger partial charge in [0.25, 0.3) is 0 Å². The highest BCUT2D eigenvalue weighted by Crippen LogP contribution is 2.03. The molecule has 0 saturated heterocycles. The highest BCUT2D eigenvalue weighted by atomic mass is 16.5. The zero-order valence-electron chi connectivity index (χ0n) is 12.8. The molecule has 1 N–H and O–H groups in total. The summed E-state index contributed by atoms with van der Waals surface area (Å²) in [5.74, 6) is -0.234. The van der Waals surface area contributed by atoms with E-state index >= 15 is 0 Å². The minimum Gasteiger partial charge on any atom is -0.462 e. The fraction of sp³-hybridized carbons (Fsp3) is 0.316. The molecule has 0 aliphatic carbocycles. The van der Waals surface area contributed by atoms with Crippen molar-refractivity contribution in [2.45, 2.75) is 25.8 Å². The van der Waals surface area contributed by atoms with Crippen LogP contribution in [0.15, 0.2) is 60.7 Å². The SMILES string of the molecule is O=C(OCCCCCNCc1ccccc1)c1ccccc1. The summed E-state index contributed by atoms with van der Waals surface area (Å²) in [4.78, 5) is 11.7. The van der Waals surface area contributed by atoms with Gasteiger partial charge in [-0.1, -0.05) is 48.5 Å². The van der Waals surface area contributed by atoms with Crippen LogP contribution in [0.4, 0.5) is 0 Å². The first-order valence-electron chi connectivity index (χ1n) is 7.83. The normalized spacial score (nSPS) is 10.4. The summed E-state index contributed by atoms with van der Waals surface area (Å²) in [6, 6.07) is 19.5. The van der Waals surface area contributed by atoms with Crippen LogP contribution in [0.5, 0.6) is 0 Å². The Morgan fingerprint density at radius 1 is 0.864 bits per heavy atom.